The van der Waals surface area contributed by atoms with Crippen LogP contribution in [0.2, 0.25) is 0 Å². The van der Waals surface area contributed by atoms with Gasteiger partial charge < -0.3 is 0 Å². The normalized spacial score (nSPS) is 12.1. The molecule has 12 aromatic rings. The summed E-state index contributed by atoms with van der Waals surface area (Å²) in [5, 5.41) is 12.7. The van der Waals surface area contributed by atoms with Crippen LogP contribution in [-0.4, -0.2) is 9.97 Å². The number of thiophene rings is 1. The van der Waals surface area contributed by atoms with Gasteiger partial charge in [-0.25, -0.2) is 0 Å². The molecular weight excluding hydrogens is 733 g/mol. The van der Waals surface area contributed by atoms with E-state index < -0.39 is 0 Å². The van der Waals surface area contributed by atoms with E-state index in [1.54, 1.807) is 0 Å². The smallest absolute Gasteiger partial charge is 0.0434 e. The molecule has 0 N–H and O–H groups in total. The van der Waals surface area contributed by atoms with Gasteiger partial charge >= 0.3 is 0 Å². The number of hydrogen-bond donors (Lipinski definition) is 0. The Bertz CT molecular complexity index is 3570. The Balaban J connectivity index is 1.16. The number of fused-ring (bicyclic) bond motifs is 9. The minimum atomic E-state index is 1.17. The van der Waals surface area contributed by atoms with Crippen molar-refractivity contribution in [2.45, 2.75) is 0 Å². The van der Waals surface area contributed by atoms with Crippen molar-refractivity contribution in [1.29, 1.82) is 0 Å². The first-order valence-electron chi connectivity index (χ1n) is 20.1. The Labute approximate surface area is 344 Å². The van der Waals surface area contributed by atoms with Gasteiger partial charge in [-0.15, -0.1) is 11.3 Å². The lowest BCUT2D eigenvalue weighted by molar-refractivity contribution is 1.33. The zero-order valence-corrected chi connectivity index (χ0v) is 32.6. The van der Waals surface area contributed by atoms with E-state index in [0.717, 1.165) is 0 Å². The first-order chi connectivity index (χ1) is 29.3. The highest BCUT2D eigenvalue weighted by Gasteiger charge is 2.31. The third kappa shape index (κ3) is 4.68. The molecule has 0 amide bonds. The van der Waals surface area contributed by atoms with Crippen molar-refractivity contribution in [2.24, 2.45) is 0 Å². The summed E-state index contributed by atoms with van der Waals surface area (Å²) in [7, 11) is 0. The lowest BCUT2D eigenvalue weighted by atomic mass is 9.83. The molecule has 272 valence electrons. The number of rotatable bonds is 4. The summed E-state index contributed by atoms with van der Waals surface area (Å²) in [4.78, 5) is 8.86. The fourth-order valence-corrected chi connectivity index (χ4v) is 11.4. The predicted octanol–water partition coefficient (Wildman–Crippen LogP) is 15.8. The summed E-state index contributed by atoms with van der Waals surface area (Å²) < 4.78 is 2.62. The van der Waals surface area contributed by atoms with Crippen LogP contribution in [0.4, 0.5) is 0 Å². The molecule has 0 saturated heterocycles. The van der Waals surface area contributed by atoms with E-state index in [-0.39, 0.29) is 0 Å². The molecular formula is C56H32N2S. The number of nitrogens with zero attached hydrogens (tertiary/aromatic N) is 2. The summed E-state index contributed by atoms with van der Waals surface area (Å²) in [6.45, 7) is 0. The second-order valence-corrected chi connectivity index (χ2v) is 16.7. The summed E-state index contributed by atoms with van der Waals surface area (Å²) in [5.74, 6) is 0. The third-order valence-electron chi connectivity index (χ3n) is 12.6. The van der Waals surface area contributed by atoms with E-state index in [1.165, 1.54) is 130 Å². The molecule has 3 aromatic heterocycles. The number of hydrogen-bond acceptors (Lipinski definition) is 3. The van der Waals surface area contributed by atoms with Crippen LogP contribution in [0.15, 0.2) is 195 Å². The number of pyridine rings is 2. The van der Waals surface area contributed by atoms with Crippen molar-refractivity contribution < 1.29 is 0 Å². The standard InChI is InChI=1S/C56H32N2S/c1-3-12-38-35(10-1)30-36-11-2-4-13-39(36)50(38)37-31-47(56-48(32-37)41-14-7-8-19-49(41)59-56)40-20-21-46-53-42(40)17-9-18-45(53)54-51(33-22-26-57-27-23-33)43-15-5-6-16-44(43)52(55(46)54)34-24-28-58-29-25-34/h1-32H. The quantitative estimate of drug-likeness (QED) is 0.167. The van der Waals surface area contributed by atoms with E-state index in [1.807, 2.05) is 36.1 Å². The highest BCUT2D eigenvalue weighted by atomic mass is 32.1. The van der Waals surface area contributed by atoms with E-state index in [9.17, 15) is 0 Å². The molecule has 3 heteroatoms. The Morgan fingerprint density at radius 3 is 1.47 bits per heavy atom. The fourth-order valence-electron chi connectivity index (χ4n) is 10.2. The van der Waals surface area contributed by atoms with E-state index in [0.29, 0.717) is 0 Å². The minimum Gasteiger partial charge on any atom is -0.265 e. The predicted molar refractivity (Wildman–Crippen MR) is 251 cm³/mol. The molecule has 0 bridgehead atoms. The van der Waals surface area contributed by atoms with E-state index in [2.05, 4.69) is 180 Å². The van der Waals surface area contributed by atoms with Gasteiger partial charge in [0.1, 0.15) is 0 Å². The maximum atomic E-state index is 4.43. The lowest BCUT2D eigenvalue weighted by Gasteiger charge is -2.20. The maximum Gasteiger partial charge on any atom is 0.0434 e. The van der Waals surface area contributed by atoms with Gasteiger partial charge in [0.05, 0.1) is 0 Å². The van der Waals surface area contributed by atoms with Gasteiger partial charge in [-0.05, 0) is 153 Å². The van der Waals surface area contributed by atoms with Gasteiger partial charge in [0.15, 0.2) is 0 Å². The van der Waals surface area contributed by atoms with Crippen LogP contribution in [0, 0.1) is 0 Å². The second kappa shape index (κ2) is 12.5. The molecule has 2 nitrogen and oxygen atoms in total. The largest absolute Gasteiger partial charge is 0.265 e. The molecule has 0 unspecified atom stereocenters. The summed E-state index contributed by atoms with van der Waals surface area (Å²) >= 11 is 1.90. The number of benzene rings is 9. The SMILES string of the molecule is c1ccc2c(-c3cc(-c4ccc5c6c(cccc46)-c4c-5c(-c5ccncc5)c5ccccc5c4-c4ccncc4)c4sc5ccccc5c4c3)c3ccccc3cc2c1. The van der Waals surface area contributed by atoms with Crippen LogP contribution in [0.25, 0.3) is 130 Å². The molecule has 13 rings (SSSR count). The van der Waals surface area contributed by atoms with Gasteiger partial charge in [0.25, 0.3) is 0 Å². The van der Waals surface area contributed by atoms with Crippen molar-refractivity contribution in [3.05, 3.63) is 195 Å². The van der Waals surface area contributed by atoms with Crippen LogP contribution >= 0.6 is 11.3 Å². The molecule has 9 aromatic carbocycles. The number of aromatic nitrogens is 2. The molecule has 59 heavy (non-hydrogen) atoms. The highest BCUT2D eigenvalue weighted by Crippen LogP contribution is 2.59. The van der Waals surface area contributed by atoms with Crippen LogP contribution < -0.4 is 0 Å². The summed E-state index contributed by atoms with van der Waals surface area (Å²) in [6, 6.07) is 63.2. The van der Waals surface area contributed by atoms with Crippen LogP contribution in [0.3, 0.4) is 0 Å². The van der Waals surface area contributed by atoms with Gasteiger partial charge in [-0.3, -0.25) is 9.97 Å². The molecule has 0 aliphatic heterocycles. The third-order valence-corrected chi connectivity index (χ3v) is 13.8. The van der Waals surface area contributed by atoms with E-state index in [4.69, 9.17) is 0 Å². The van der Waals surface area contributed by atoms with Crippen LogP contribution in [-0.2, 0) is 0 Å². The summed E-state index contributed by atoms with van der Waals surface area (Å²) in [5.41, 5.74) is 15.0. The maximum absolute atomic E-state index is 4.43. The molecule has 0 fully saturated rings. The average molecular weight is 765 g/mol. The van der Waals surface area contributed by atoms with Crippen molar-refractivity contribution in [3.63, 3.8) is 0 Å². The van der Waals surface area contributed by atoms with E-state index >= 15 is 0 Å². The molecule has 0 spiro atoms. The van der Waals surface area contributed by atoms with Crippen LogP contribution in [0.1, 0.15) is 0 Å². The molecule has 1 aliphatic carbocycles. The monoisotopic (exact) mass is 764 g/mol. The Morgan fingerprint density at radius 1 is 0.305 bits per heavy atom. The lowest BCUT2D eigenvalue weighted by Crippen LogP contribution is -1.93. The van der Waals surface area contributed by atoms with Crippen molar-refractivity contribution >= 4 is 74.6 Å². The highest BCUT2D eigenvalue weighted by molar-refractivity contribution is 7.26. The molecule has 1 aliphatic rings. The van der Waals surface area contributed by atoms with Crippen molar-refractivity contribution in [1.82, 2.24) is 9.97 Å². The summed E-state index contributed by atoms with van der Waals surface area (Å²) in [6.07, 6.45) is 7.65. The van der Waals surface area contributed by atoms with Crippen LogP contribution in [0.5, 0.6) is 0 Å². The first kappa shape index (κ1) is 32.6. The first-order valence-corrected chi connectivity index (χ1v) is 20.9. The fraction of sp³-hybridized carbons (Fsp3) is 0. The minimum absolute atomic E-state index is 1.17. The molecule has 0 saturated carbocycles. The Morgan fingerprint density at radius 2 is 0.831 bits per heavy atom. The molecule has 3 heterocycles. The topological polar surface area (TPSA) is 25.8 Å². The van der Waals surface area contributed by atoms with Gasteiger partial charge in [0, 0.05) is 50.5 Å². The average Bonchev–Trinajstić information content (AvgIpc) is 3.84. The van der Waals surface area contributed by atoms with Crippen molar-refractivity contribution in [2.75, 3.05) is 0 Å². The Kier molecular flexibility index (Phi) is 6.92. The van der Waals surface area contributed by atoms with Gasteiger partial charge in [-0.2, -0.15) is 0 Å². The zero-order chi connectivity index (χ0) is 38.6. The zero-order valence-electron chi connectivity index (χ0n) is 31.8. The van der Waals surface area contributed by atoms with Crippen molar-refractivity contribution in [3.8, 4) is 66.8 Å². The molecule has 0 atom stereocenters. The van der Waals surface area contributed by atoms with Gasteiger partial charge in [-0.1, -0.05) is 121 Å². The molecule has 0 radical (unpaired) electrons. The van der Waals surface area contributed by atoms with Gasteiger partial charge in [0.2, 0.25) is 0 Å². The second-order valence-electron chi connectivity index (χ2n) is 15.6. The Hall–Kier alpha value is -7.46.